The molecule has 0 aromatic carbocycles. The summed E-state index contributed by atoms with van der Waals surface area (Å²) in [5, 5.41) is 0. The lowest BCUT2D eigenvalue weighted by atomic mass is 10.5. The third kappa shape index (κ3) is 5.38. The summed E-state index contributed by atoms with van der Waals surface area (Å²) in [7, 11) is -0.164. The third-order valence-corrected chi connectivity index (χ3v) is 3.76. The van der Waals surface area contributed by atoms with Gasteiger partial charge in [0.05, 0.1) is 26.4 Å². The molecule has 0 spiro atoms. The Labute approximate surface area is 80.4 Å². The van der Waals surface area contributed by atoms with E-state index in [1.165, 1.54) is 0 Å². The van der Waals surface area contributed by atoms with Crippen molar-refractivity contribution < 1.29 is 18.3 Å². The molecule has 0 aromatic rings. The second-order valence-corrected chi connectivity index (χ2v) is 6.98. The van der Waals surface area contributed by atoms with E-state index in [4.69, 9.17) is 18.3 Å². The van der Waals surface area contributed by atoms with Crippen molar-refractivity contribution in [2.45, 2.75) is 19.2 Å². The quantitative estimate of drug-likeness (QED) is 0.350. The van der Waals surface area contributed by atoms with Crippen molar-refractivity contribution in [3.05, 3.63) is 0 Å². The van der Waals surface area contributed by atoms with E-state index in [1.54, 1.807) is 7.11 Å². The highest BCUT2D eigenvalue weighted by Crippen LogP contribution is 2.08. The fourth-order valence-electron chi connectivity index (χ4n) is 0.784. The average Bonchev–Trinajstić information content (AvgIpc) is 2.87. The highest BCUT2D eigenvalue weighted by molar-refractivity contribution is 6.64. The van der Waals surface area contributed by atoms with Crippen LogP contribution in [0.15, 0.2) is 0 Å². The molecule has 0 saturated carbocycles. The molecule has 1 heterocycles. The molecule has 1 aliphatic heterocycles. The monoisotopic (exact) mass is 206 g/mol. The lowest BCUT2D eigenvalue weighted by molar-refractivity contribution is 0.0757. The highest BCUT2D eigenvalue weighted by atomic mass is 28.4. The standard InChI is InChI=1S/C8H18O4Si/c1-9-13(2,3)12-5-4-10-6-8-7-11-8/h8H,4-7H2,1-3H3. The Morgan fingerprint density at radius 1 is 1.38 bits per heavy atom. The Morgan fingerprint density at radius 2 is 2.08 bits per heavy atom. The number of hydrogen-bond acceptors (Lipinski definition) is 4. The topological polar surface area (TPSA) is 40.2 Å². The van der Waals surface area contributed by atoms with Gasteiger partial charge in [-0.15, -0.1) is 0 Å². The Hall–Kier alpha value is 0.0569. The van der Waals surface area contributed by atoms with Gasteiger partial charge >= 0.3 is 8.56 Å². The summed E-state index contributed by atoms with van der Waals surface area (Å²) in [6.45, 7) is 6.80. The molecular formula is C8H18O4Si. The molecule has 1 atom stereocenters. The van der Waals surface area contributed by atoms with Gasteiger partial charge in [0.2, 0.25) is 0 Å². The predicted octanol–water partition coefficient (Wildman–Crippen LogP) is 0.767. The molecule has 0 aliphatic carbocycles. The van der Waals surface area contributed by atoms with Crippen LogP contribution in [0.4, 0.5) is 0 Å². The van der Waals surface area contributed by atoms with Crippen LogP contribution in [-0.4, -0.2) is 48.2 Å². The van der Waals surface area contributed by atoms with Crippen LogP contribution in [0.2, 0.25) is 13.1 Å². The molecule has 0 radical (unpaired) electrons. The number of ether oxygens (including phenoxy) is 2. The molecule has 1 rings (SSSR count). The van der Waals surface area contributed by atoms with E-state index >= 15 is 0 Å². The van der Waals surface area contributed by atoms with Gasteiger partial charge in [0.1, 0.15) is 6.10 Å². The molecule has 78 valence electrons. The van der Waals surface area contributed by atoms with Crippen molar-refractivity contribution in [1.82, 2.24) is 0 Å². The minimum Gasteiger partial charge on any atom is -0.398 e. The Kier molecular flexibility index (Phi) is 4.34. The van der Waals surface area contributed by atoms with Crippen molar-refractivity contribution in [3.63, 3.8) is 0 Å². The maximum atomic E-state index is 5.53. The van der Waals surface area contributed by atoms with E-state index in [1.807, 2.05) is 13.1 Å². The zero-order chi connectivity index (χ0) is 9.73. The summed E-state index contributed by atoms with van der Waals surface area (Å²) in [5.41, 5.74) is 0. The number of epoxide rings is 1. The first-order valence-electron chi connectivity index (χ1n) is 4.52. The maximum absolute atomic E-state index is 5.53. The molecule has 5 heteroatoms. The van der Waals surface area contributed by atoms with Gasteiger partial charge in [-0.25, -0.2) is 0 Å². The largest absolute Gasteiger partial charge is 0.398 e. The van der Waals surface area contributed by atoms with Crippen LogP contribution in [0, 0.1) is 0 Å². The molecule has 4 nitrogen and oxygen atoms in total. The van der Waals surface area contributed by atoms with Gasteiger partial charge in [-0.2, -0.15) is 0 Å². The molecule has 1 fully saturated rings. The zero-order valence-corrected chi connectivity index (χ0v) is 9.54. The molecule has 0 N–H and O–H groups in total. The van der Waals surface area contributed by atoms with Gasteiger partial charge in [0.25, 0.3) is 0 Å². The molecule has 0 amide bonds. The van der Waals surface area contributed by atoms with Crippen molar-refractivity contribution in [3.8, 4) is 0 Å². The van der Waals surface area contributed by atoms with E-state index < -0.39 is 8.56 Å². The van der Waals surface area contributed by atoms with Crippen molar-refractivity contribution in [1.29, 1.82) is 0 Å². The van der Waals surface area contributed by atoms with Gasteiger partial charge < -0.3 is 18.3 Å². The lowest BCUT2D eigenvalue weighted by Gasteiger charge is -2.19. The van der Waals surface area contributed by atoms with E-state index in [0.29, 0.717) is 25.9 Å². The van der Waals surface area contributed by atoms with Crippen LogP contribution in [-0.2, 0) is 18.3 Å². The fraction of sp³-hybridized carbons (Fsp3) is 1.00. The Morgan fingerprint density at radius 3 is 2.62 bits per heavy atom. The summed E-state index contributed by atoms with van der Waals surface area (Å²) in [6.07, 6.45) is 0.340. The van der Waals surface area contributed by atoms with E-state index in [-0.39, 0.29) is 0 Å². The molecule has 1 unspecified atom stereocenters. The van der Waals surface area contributed by atoms with E-state index in [2.05, 4.69) is 0 Å². The second kappa shape index (κ2) is 5.07. The van der Waals surface area contributed by atoms with Crippen LogP contribution >= 0.6 is 0 Å². The summed E-state index contributed by atoms with van der Waals surface area (Å²) in [6, 6.07) is 0. The van der Waals surface area contributed by atoms with Crippen LogP contribution in [0.25, 0.3) is 0 Å². The Balaban J connectivity index is 1.87. The molecule has 0 bridgehead atoms. The van der Waals surface area contributed by atoms with Gasteiger partial charge in [-0.05, 0) is 13.1 Å². The SMILES string of the molecule is CO[Si](C)(C)OCCOCC1CO1. The van der Waals surface area contributed by atoms with Crippen molar-refractivity contribution in [2.75, 3.05) is 33.5 Å². The zero-order valence-electron chi connectivity index (χ0n) is 8.54. The van der Waals surface area contributed by atoms with Gasteiger partial charge in [0.15, 0.2) is 0 Å². The van der Waals surface area contributed by atoms with Crippen LogP contribution < -0.4 is 0 Å². The second-order valence-electron chi connectivity index (χ2n) is 3.48. The van der Waals surface area contributed by atoms with Gasteiger partial charge in [0, 0.05) is 7.11 Å². The van der Waals surface area contributed by atoms with Crippen LogP contribution in [0.3, 0.4) is 0 Å². The number of hydrogen-bond donors (Lipinski definition) is 0. The highest BCUT2D eigenvalue weighted by Gasteiger charge is 2.23. The van der Waals surface area contributed by atoms with E-state index in [9.17, 15) is 0 Å². The first kappa shape index (κ1) is 11.1. The first-order valence-corrected chi connectivity index (χ1v) is 7.34. The summed E-state index contributed by atoms with van der Waals surface area (Å²) < 4.78 is 21.1. The average molecular weight is 206 g/mol. The summed E-state index contributed by atoms with van der Waals surface area (Å²) in [4.78, 5) is 0. The molecule has 1 saturated heterocycles. The van der Waals surface area contributed by atoms with Gasteiger partial charge in [-0.3, -0.25) is 0 Å². The molecule has 13 heavy (non-hydrogen) atoms. The van der Waals surface area contributed by atoms with Crippen molar-refractivity contribution in [2.24, 2.45) is 0 Å². The first-order chi connectivity index (χ1) is 6.14. The molecule has 1 aliphatic rings. The van der Waals surface area contributed by atoms with Crippen LogP contribution in [0.1, 0.15) is 0 Å². The maximum Gasteiger partial charge on any atom is 0.331 e. The van der Waals surface area contributed by atoms with Gasteiger partial charge in [-0.1, -0.05) is 0 Å². The minimum atomic E-state index is -1.85. The lowest BCUT2D eigenvalue weighted by Crippen LogP contribution is -2.34. The summed E-state index contributed by atoms with van der Waals surface area (Å²) >= 11 is 0. The molecule has 0 aromatic heterocycles. The van der Waals surface area contributed by atoms with Crippen LogP contribution in [0.5, 0.6) is 0 Å². The summed E-state index contributed by atoms with van der Waals surface area (Å²) in [5.74, 6) is 0. The third-order valence-electron chi connectivity index (χ3n) is 1.88. The number of rotatable bonds is 7. The fourth-order valence-corrected chi connectivity index (χ4v) is 1.48. The van der Waals surface area contributed by atoms with E-state index in [0.717, 1.165) is 6.61 Å². The normalized spacial score (nSPS) is 21.9. The molecular weight excluding hydrogens is 188 g/mol. The predicted molar refractivity (Wildman–Crippen MR) is 51.0 cm³/mol. The Bertz CT molecular complexity index is 147. The minimum absolute atomic E-state index is 0.340. The van der Waals surface area contributed by atoms with Crippen molar-refractivity contribution >= 4 is 8.56 Å². The smallest absolute Gasteiger partial charge is 0.331 e.